The SMILES string of the molecule is O=C(Nc1cccc(C(=O)OCc2ccccc2)c1)Nc1cc(-c2cccc([N+](=O)[O-])c2)[nH]n1. The first-order valence-corrected chi connectivity index (χ1v) is 10.2. The maximum atomic E-state index is 12.4. The highest BCUT2D eigenvalue weighted by atomic mass is 16.6. The number of aromatic amines is 1. The number of rotatable bonds is 7. The zero-order valence-electron chi connectivity index (χ0n) is 17.7. The van der Waals surface area contributed by atoms with Crippen LogP contribution in [0.2, 0.25) is 0 Å². The molecular formula is C24H19N5O5. The van der Waals surface area contributed by atoms with Crippen molar-refractivity contribution in [1.82, 2.24) is 10.2 Å². The fourth-order valence-corrected chi connectivity index (χ4v) is 3.13. The molecule has 4 rings (SSSR count). The molecule has 0 aliphatic rings. The standard InChI is InChI=1S/C24H19N5O5/c30-23(34-15-16-6-2-1-3-7-16)18-9-4-10-19(12-18)25-24(31)26-22-14-21(27-28-22)17-8-5-11-20(13-17)29(32)33/h1-14H,15H2,(H3,25,26,27,28,31). The Hall–Kier alpha value is -4.99. The van der Waals surface area contributed by atoms with Crippen molar-refractivity contribution in [3.05, 3.63) is 106 Å². The van der Waals surface area contributed by atoms with E-state index in [-0.39, 0.29) is 18.1 Å². The molecule has 0 saturated heterocycles. The van der Waals surface area contributed by atoms with Gasteiger partial charge in [0.1, 0.15) is 6.61 Å². The van der Waals surface area contributed by atoms with E-state index in [4.69, 9.17) is 4.74 Å². The third-order valence-electron chi connectivity index (χ3n) is 4.76. The second-order valence-corrected chi connectivity index (χ2v) is 7.20. The van der Waals surface area contributed by atoms with Crippen LogP contribution in [-0.4, -0.2) is 27.1 Å². The summed E-state index contributed by atoms with van der Waals surface area (Å²) in [6.45, 7) is 0.143. The van der Waals surface area contributed by atoms with E-state index in [1.54, 1.807) is 36.4 Å². The highest BCUT2D eigenvalue weighted by Gasteiger charge is 2.12. The number of non-ortho nitro benzene ring substituents is 1. The lowest BCUT2D eigenvalue weighted by atomic mass is 10.1. The third kappa shape index (κ3) is 5.62. The van der Waals surface area contributed by atoms with E-state index in [0.29, 0.717) is 22.5 Å². The Morgan fingerprint density at radius 2 is 1.74 bits per heavy atom. The first-order chi connectivity index (χ1) is 16.5. The molecule has 10 nitrogen and oxygen atoms in total. The van der Waals surface area contributed by atoms with Gasteiger partial charge in [0.2, 0.25) is 0 Å². The van der Waals surface area contributed by atoms with E-state index < -0.39 is 16.9 Å². The number of carbonyl (C=O) groups excluding carboxylic acids is 2. The second-order valence-electron chi connectivity index (χ2n) is 7.20. The lowest BCUT2D eigenvalue weighted by molar-refractivity contribution is -0.384. The molecule has 170 valence electrons. The Balaban J connectivity index is 1.36. The molecule has 0 atom stereocenters. The summed E-state index contributed by atoms with van der Waals surface area (Å²) in [7, 11) is 0. The molecule has 1 heterocycles. The number of nitrogens with zero attached hydrogens (tertiary/aromatic N) is 2. The summed E-state index contributed by atoms with van der Waals surface area (Å²) in [5.41, 5.74) is 2.55. The molecule has 2 amide bonds. The predicted molar refractivity (Wildman–Crippen MR) is 125 cm³/mol. The van der Waals surface area contributed by atoms with Crippen LogP contribution >= 0.6 is 0 Å². The molecule has 0 fully saturated rings. The monoisotopic (exact) mass is 457 g/mol. The van der Waals surface area contributed by atoms with Crippen LogP contribution in [-0.2, 0) is 11.3 Å². The number of carbonyl (C=O) groups is 2. The lowest BCUT2D eigenvalue weighted by Crippen LogP contribution is -2.19. The van der Waals surface area contributed by atoms with Gasteiger partial charge in [-0.25, -0.2) is 9.59 Å². The van der Waals surface area contributed by atoms with Crippen molar-refractivity contribution in [3.63, 3.8) is 0 Å². The van der Waals surface area contributed by atoms with Gasteiger partial charge in [0.05, 0.1) is 16.2 Å². The number of H-pyrrole nitrogens is 1. The Morgan fingerprint density at radius 3 is 2.53 bits per heavy atom. The number of amides is 2. The number of urea groups is 1. The number of aromatic nitrogens is 2. The fraction of sp³-hybridized carbons (Fsp3) is 0.0417. The van der Waals surface area contributed by atoms with Crippen LogP contribution in [0.15, 0.2) is 84.9 Å². The van der Waals surface area contributed by atoms with Gasteiger partial charge in [-0.15, -0.1) is 0 Å². The highest BCUT2D eigenvalue weighted by Crippen LogP contribution is 2.24. The zero-order chi connectivity index (χ0) is 23.9. The van der Waals surface area contributed by atoms with Crippen molar-refractivity contribution in [2.45, 2.75) is 6.61 Å². The van der Waals surface area contributed by atoms with Crippen LogP contribution in [0.4, 0.5) is 22.0 Å². The number of ether oxygens (including phenoxy) is 1. The molecular weight excluding hydrogens is 438 g/mol. The molecule has 3 aromatic carbocycles. The van der Waals surface area contributed by atoms with E-state index in [9.17, 15) is 19.7 Å². The first kappa shape index (κ1) is 22.2. The molecule has 0 saturated carbocycles. The molecule has 0 radical (unpaired) electrons. The van der Waals surface area contributed by atoms with Crippen LogP contribution < -0.4 is 10.6 Å². The van der Waals surface area contributed by atoms with Crippen LogP contribution in [0.3, 0.4) is 0 Å². The quantitative estimate of drug-likeness (QED) is 0.203. The van der Waals surface area contributed by atoms with Gasteiger partial charge in [0.15, 0.2) is 5.82 Å². The number of hydrogen-bond donors (Lipinski definition) is 3. The smallest absolute Gasteiger partial charge is 0.338 e. The highest BCUT2D eigenvalue weighted by molar-refractivity contribution is 6.00. The molecule has 0 aliphatic carbocycles. The normalized spacial score (nSPS) is 10.4. The number of anilines is 2. The number of esters is 1. The summed E-state index contributed by atoms with van der Waals surface area (Å²) < 4.78 is 5.31. The maximum absolute atomic E-state index is 12.4. The number of hydrogen-bond acceptors (Lipinski definition) is 6. The van der Waals surface area contributed by atoms with Crippen molar-refractivity contribution in [1.29, 1.82) is 0 Å². The summed E-state index contributed by atoms with van der Waals surface area (Å²) in [6.07, 6.45) is 0. The average molecular weight is 457 g/mol. The molecule has 34 heavy (non-hydrogen) atoms. The van der Waals surface area contributed by atoms with E-state index in [1.165, 1.54) is 18.2 Å². The fourth-order valence-electron chi connectivity index (χ4n) is 3.13. The van der Waals surface area contributed by atoms with Crippen molar-refractivity contribution >= 4 is 29.2 Å². The molecule has 3 N–H and O–H groups in total. The predicted octanol–water partition coefficient (Wildman–Crippen LogP) is 4.99. The minimum absolute atomic E-state index is 0.0541. The Bertz CT molecular complexity index is 1340. The van der Waals surface area contributed by atoms with Gasteiger partial charge >= 0.3 is 12.0 Å². The second kappa shape index (κ2) is 10.1. The van der Waals surface area contributed by atoms with Gasteiger partial charge in [-0.2, -0.15) is 5.10 Å². The van der Waals surface area contributed by atoms with E-state index >= 15 is 0 Å². The molecule has 0 aliphatic heterocycles. The average Bonchev–Trinajstić information content (AvgIpc) is 3.31. The summed E-state index contributed by atoms with van der Waals surface area (Å²) in [4.78, 5) is 35.2. The zero-order valence-corrected chi connectivity index (χ0v) is 17.7. The van der Waals surface area contributed by atoms with Crippen molar-refractivity contribution < 1.29 is 19.2 Å². The molecule has 0 unspecified atom stereocenters. The maximum Gasteiger partial charge on any atom is 0.338 e. The lowest BCUT2D eigenvalue weighted by Gasteiger charge is -2.08. The van der Waals surface area contributed by atoms with E-state index in [0.717, 1.165) is 5.56 Å². The number of nitro benzene ring substituents is 1. The minimum atomic E-state index is -0.577. The molecule has 1 aromatic heterocycles. The van der Waals surface area contributed by atoms with Gasteiger partial charge in [0, 0.05) is 29.4 Å². The van der Waals surface area contributed by atoms with Gasteiger partial charge < -0.3 is 10.1 Å². The Morgan fingerprint density at radius 1 is 0.941 bits per heavy atom. The Kier molecular flexibility index (Phi) is 6.59. The summed E-state index contributed by atoms with van der Waals surface area (Å²) in [6, 6.07) is 22.7. The van der Waals surface area contributed by atoms with Crippen LogP contribution in [0, 0.1) is 10.1 Å². The van der Waals surface area contributed by atoms with Gasteiger partial charge in [0.25, 0.3) is 5.69 Å². The molecule has 4 aromatic rings. The van der Waals surface area contributed by atoms with Crippen molar-refractivity contribution in [2.24, 2.45) is 0 Å². The summed E-state index contributed by atoms with van der Waals surface area (Å²) in [5.74, 6) is -0.292. The third-order valence-corrected chi connectivity index (χ3v) is 4.76. The number of nitro groups is 1. The van der Waals surface area contributed by atoms with Crippen molar-refractivity contribution in [2.75, 3.05) is 10.6 Å². The van der Waals surface area contributed by atoms with E-state index in [1.807, 2.05) is 30.3 Å². The first-order valence-electron chi connectivity index (χ1n) is 10.2. The molecule has 10 heteroatoms. The van der Waals surface area contributed by atoms with Crippen LogP contribution in [0.5, 0.6) is 0 Å². The van der Waals surface area contributed by atoms with E-state index in [2.05, 4.69) is 20.8 Å². The van der Waals surface area contributed by atoms with Gasteiger partial charge in [-0.05, 0) is 23.8 Å². The topological polar surface area (TPSA) is 139 Å². The molecule has 0 bridgehead atoms. The van der Waals surface area contributed by atoms with Crippen LogP contribution in [0.1, 0.15) is 15.9 Å². The number of benzene rings is 3. The van der Waals surface area contributed by atoms with Gasteiger partial charge in [-0.3, -0.25) is 20.5 Å². The van der Waals surface area contributed by atoms with Crippen LogP contribution in [0.25, 0.3) is 11.3 Å². The summed E-state index contributed by atoms with van der Waals surface area (Å²) >= 11 is 0. The summed E-state index contributed by atoms with van der Waals surface area (Å²) in [5, 5.41) is 22.9. The number of nitrogens with one attached hydrogen (secondary N) is 3. The van der Waals surface area contributed by atoms with Gasteiger partial charge in [-0.1, -0.05) is 48.5 Å². The largest absolute Gasteiger partial charge is 0.457 e. The van der Waals surface area contributed by atoms with Crippen molar-refractivity contribution in [3.8, 4) is 11.3 Å². The molecule has 0 spiro atoms. The Labute approximate surface area is 193 Å². The minimum Gasteiger partial charge on any atom is -0.457 e.